The molecule has 2 rings (SSSR count). The van der Waals surface area contributed by atoms with E-state index in [-0.39, 0.29) is 6.17 Å². The number of anilines is 1. The molecule has 5 heteroatoms. The highest BCUT2D eigenvalue weighted by Crippen LogP contribution is 2.17. The third-order valence-electron chi connectivity index (χ3n) is 2.53. The first kappa shape index (κ1) is 10.8. The van der Waals surface area contributed by atoms with E-state index < -0.39 is 6.03 Å². The molecule has 1 aromatic carbocycles. The van der Waals surface area contributed by atoms with E-state index in [4.69, 9.17) is 10.5 Å². The van der Waals surface area contributed by atoms with E-state index in [1.807, 2.05) is 30.3 Å². The Hall–Kier alpha value is -1.75. The summed E-state index contributed by atoms with van der Waals surface area (Å²) in [6.45, 7) is 1.86. The third-order valence-corrected chi connectivity index (χ3v) is 2.53. The summed E-state index contributed by atoms with van der Waals surface area (Å²) < 4.78 is 5.32. The van der Waals surface area contributed by atoms with Gasteiger partial charge in [-0.2, -0.15) is 0 Å². The Labute approximate surface area is 94.2 Å². The molecule has 1 aromatic rings. The number of carbonyl (C=O) groups is 1. The Balaban J connectivity index is 2.13. The van der Waals surface area contributed by atoms with Crippen molar-refractivity contribution in [2.45, 2.75) is 6.17 Å². The fourth-order valence-electron chi connectivity index (χ4n) is 1.82. The van der Waals surface area contributed by atoms with Crippen LogP contribution in [0.5, 0.6) is 0 Å². The highest BCUT2D eigenvalue weighted by Gasteiger charge is 2.23. The van der Waals surface area contributed by atoms with Crippen LogP contribution in [-0.4, -0.2) is 32.0 Å². The van der Waals surface area contributed by atoms with Crippen molar-refractivity contribution in [3.05, 3.63) is 30.3 Å². The Bertz CT molecular complexity index is 356. The molecule has 86 valence electrons. The number of nitrogens with zero attached hydrogens (tertiary/aromatic N) is 1. The molecule has 3 N–H and O–H groups in total. The average Bonchev–Trinajstić information content (AvgIpc) is 2.30. The summed E-state index contributed by atoms with van der Waals surface area (Å²) in [4.78, 5) is 13.0. The molecule has 1 saturated heterocycles. The first-order valence-corrected chi connectivity index (χ1v) is 5.23. The van der Waals surface area contributed by atoms with Gasteiger partial charge >= 0.3 is 6.03 Å². The molecule has 0 spiro atoms. The largest absolute Gasteiger partial charge is 0.376 e. The van der Waals surface area contributed by atoms with Crippen LogP contribution in [0.3, 0.4) is 0 Å². The van der Waals surface area contributed by atoms with Gasteiger partial charge in [0.05, 0.1) is 13.2 Å². The molecule has 0 bridgehead atoms. The second-order valence-corrected chi connectivity index (χ2v) is 3.63. The number of nitrogens with two attached hydrogens (primary N) is 1. The lowest BCUT2D eigenvalue weighted by Gasteiger charge is -2.37. The van der Waals surface area contributed by atoms with Gasteiger partial charge in [-0.15, -0.1) is 0 Å². The van der Waals surface area contributed by atoms with Crippen LogP contribution in [-0.2, 0) is 4.74 Å². The van der Waals surface area contributed by atoms with Crippen LogP contribution in [0.4, 0.5) is 10.5 Å². The molecule has 5 nitrogen and oxygen atoms in total. The maximum absolute atomic E-state index is 10.9. The number of morpholine rings is 1. The zero-order chi connectivity index (χ0) is 11.4. The highest BCUT2D eigenvalue weighted by atomic mass is 16.5. The van der Waals surface area contributed by atoms with Crippen molar-refractivity contribution in [2.24, 2.45) is 5.73 Å². The monoisotopic (exact) mass is 221 g/mol. The molecular formula is C11H15N3O2. The molecule has 0 saturated carbocycles. The number of carbonyl (C=O) groups excluding carboxylic acids is 1. The maximum Gasteiger partial charge on any atom is 0.313 e. The molecule has 0 aromatic heterocycles. The van der Waals surface area contributed by atoms with E-state index in [1.165, 1.54) is 0 Å². The summed E-state index contributed by atoms with van der Waals surface area (Å²) in [5, 5.41) is 2.67. The lowest BCUT2D eigenvalue weighted by Crippen LogP contribution is -2.56. The smallest absolute Gasteiger partial charge is 0.313 e. The summed E-state index contributed by atoms with van der Waals surface area (Å²) >= 11 is 0. The number of ether oxygens (including phenoxy) is 1. The van der Waals surface area contributed by atoms with E-state index in [0.717, 1.165) is 12.2 Å². The summed E-state index contributed by atoms with van der Waals surface area (Å²) in [5.41, 5.74) is 6.19. The quantitative estimate of drug-likeness (QED) is 0.765. The average molecular weight is 221 g/mol. The highest BCUT2D eigenvalue weighted by molar-refractivity contribution is 5.72. The number of para-hydroxylation sites is 1. The van der Waals surface area contributed by atoms with E-state index in [2.05, 4.69) is 10.2 Å². The molecule has 1 fully saturated rings. The van der Waals surface area contributed by atoms with Crippen LogP contribution in [0.15, 0.2) is 30.3 Å². The summed E-state index contributed by atoms with van der Waals surface area (Å²) in [6, 6.07) is 9.36. The number of rotatable bonds is 2. The number of primary amides is 1. The lowest BCUT2D eigenvalue weighted by atomic mass is 10.2. The number of nitrogens with one attached hydrogen (secondary N) is 1. The minimum atomic E-state index is -0.531. The summed E-state index contributed by atoms with van der Waals surface area (Å²) in [7, 11) is 0. The van der Waals surface area contributed by atoms with Gasteiger partial charge in [-0.05, 0) is 12.1 Å². The van der Waals surface area contributed by atoms with Gasteiger partial charge in [0.2, 0.25) is 0 Å². The number of hydrogen-bond donors (Lipinski definition) is 2. The zero-order valence-electron chi connectivity index (χ0n) is 8.93. The SMILES string of the molecule is NC(=O)NC1COCCN1c1ccccc1. The Morgan fingerprint density at radius 3 is 2.88 bits per heavy atom. The molecule has 0 aliphatic carbocycles. The van der Waals surface area contributed by atoms with E-state index in [1.54, 1.807) is 0 Å². The van der Waals surface area contributed by atoms with Crippen molar-refractivity contribution < 1.29 is 9.53 Å². The maximum atomic E-state index is 10.9. The van der Waals surface area contributed by atoms with Crippen molar-refractivity contribution in [1.82, 2.24) is 5.32 Å². The van der Waals surface area contributed by atoms with Gasteiger partial charge < -0.3 is 20.7 Å². The normalized spacial score (nSPS) is 20.5. The number of amides is 2. The first-order chi connectivity index (χ1) is 7.77. The van der Waals surface area contributed by atoms with Crippen LogP contribution in [0.25, 0.3) is 0 Å². The van der Waals surface area contributed by atoms with Gasteiger partial charge in [-0.1, -0.05) is 18.2 Å². The molecule has 1 aliphatic heterocycles. The van der Waals surface area contributed by atoms with Crippen LogP contribution in [0.2, 0.25) is 0 Å². The van der Waals surface area contributed by atoms with E-state index in [0.29, 0.717) is 13.2 Å². The Morgan fingerprint density at radius 1 is 1.44 bits per heavy atom. The number of urea groups is 1. The molecule has 1 unspecified atom stereocenters. The Morgan fingerprint density at radius 2 is 2.19 bits per heavy atom. The molecular weight excluding hydrogens is 206 g/mol. The molecule has 1 heterocycles. The van der Waals surface area contributed by atoms with E-state index in [9.17, 15) is 4.79 Å². The van der Waals surface area contributed by atoms with Gasteiger partial charge in [0.15, 0.2) is 0 Å². The van der Waals surface area contributed by atoms with Gasteiger partial charge in [0, 0.05) is 12.2 Å². The fourth-order valence-corrected chi connectivity index (χ4v) is 1.82. The van der Waals surface area contributed by atoms with Crippen molar-refractivity contribution in [3.8, 4) is 0 Å². The predicted octanol–water partition coefficient (Wildman–Crippen LogP) is 0.518. The second kappa shape index (κ2) is 4.85. The minimum absolute atomic E-state index is 0.186. The van der Waals surface area contributed by atoms with Gasteiger partial charge in [0.25, 0.3) is 0 Å². The minimum Gasteiger partial charge on any atom is -0.376 e. The van der Waals surface area contributed by atoms with Gasteiger partial charge in [-0.25, -0.2) is 4.79 Å². The molecule has 1 aliphatic rings. The summed E-state index contributed by atoms with van der Waals surface area (Å²) in [6.07, 6.45) is -0.186. The Kier molecular flexibility index (Phi) is 3.26. The number of benzene rings is 1. The van der Waals surface area contributed by atoms with Crippen molar-refractivity contribution >= 4 is 11.7 Å². The van der Waals surface area contributed by atoms with E-state index >= 15 is 0 Å². The van der Waals surface area contributed by atoms with Crippen LogP contribution < -0.4 is 16.0 Å². The van der Waals surface area contributed by atoms with Gasteiger partial charge in [0.1, 0.15) is 6.17 Å². The van der Waals surface area contributed by atoms with Crippen molar-refractivity contribution in [3.63, 3.8) is 0 Å². The third kappa shape index (κ3) is 2.43. The van der Waals surface area contributed by atoms with Crippen molar-refractivity contribution in [1.29, 1.82) is 0 Å². The van der Waals surface area contributed by atoms with Crippen LogP contribution >= 0.6 is 0 Å². The molecule has 16 heavy (non-hydrogen) atoms. The zero-order valence-corrected chi connectivity index (χ0v) is 8.93. The van der Waals surface area contributed by atoms with Gasteiger partial charge in [-0.3, -0.25) is 0 Å². The predicted molar refractivity (Wildman–Crippen MR) is 61.1 cm³/mol. The van der Waals surface area contributed by atoms with Crippen LogP contribution in [0.1, 0.15) is 0 Å². The first-order valence-electron chi connectivity index (χ1n) is 5.23. The number of hydrogen-bond acceptors (Lipinski definition) is 3. The van der Waals surface area contributed by atoms with Crippen molar-refractivity contribution in [2.75, 3.05) is 24.7 Å². The second-order valence-electron chi connectivity index (χ2n) is 3.63. The summed E-state index contributed by atoms with van der Waals surface area (Å²) in [5.74, 6) is 0. The topological polar surface area (TPSA) is 67.6 Å². The molecule has 0 radical (unpaired) electrons. The fraction of sp³-hybridized carbons (Fsp3) is 0.364. The van der Waals surface area contributed by atoms with Crippen LogP contribution in [0, 0.1) is 0 Å². The lowest BCUT2D eigenvalue weighted by molar-refractivity contribution is 0.0870. The molecule has 1 atom stereocenters. The molecule has 2 amide bonds. The standard InChI is InChI=1S/C11H15N3O2/c12-11(15)13-10-8-16-7-6-14(10)9-4-2-1-3-5-9/h1-5,10H,6-8H2,(H3,12,13,15).